The molecule has 562 valence electrons. The van der Waals surface area contributed by atoms with Crippen LogP contribution in [0.4, 0.5) is 34.1 Å². The highest BCUT2D eigenvalue weighted by molar-refractivity contribution is 6.24. The predicted molar refractivity (Wildman–Crippen MR) is 476 cm³/mol. The van der Waals surface area contributed by atoms with Crippen molar-refractivity contribution in [2.24, 2.45) is 0 Å². The minimum Gasteiger partial charge on any atom is -0.309 e. The molecule has 4 fully saturated rings. The monoisotopic (exact) mass is 1440 g/mol. The number of nitrogens with zero attached hydrogens (tertiary/aromatic N) is 2. The summed E-state index contributed by atoms with van der Waals surface area (Å²) in [4.78, 5) is 5.46. The molecular weight excluding hydrogens is 1330 g/mol. The summed E-state index contributed by atoms with van der Waals surface area (Å²) in [6.07, 6.45) is 26.1. The lowest BCUT2D eigenvalue weighted by Crippen LogP contribution is -2.20. The van der Waals surface area contributed by atoms with Crippen LogP contribution in [0.25, 0.3) is 77.2 Å². The second kappa shape index (κ2) is 31.1. The van der Waals surface area contributed by atoms with Gasteiger partial charge in [0, 0.05) is 44.2 Å². The van der Waals surface area contributed by atoms with E-state index < -0.39 is 0 Å². The van der Waals surface area contributed by atoms with Crippen molar-refractivity contribution in [2.45, 2.75) is 257 Å². The summed E-state index contributed by atoms with van der Waals surface area (Å²) in [5.74, 6) is 2.47. The van der Waals surface area contributed by atoms with Crippen LogP contribution in [0.1, 0.15) is 280 Å². The normalized spacial score (nSPS) is 16.2. The Bertz CT molecular complexity index is 5070. The van der Waals surface area contributed by atoms with Crippen LogP contribution in [0.2, 0.25) is 0 Å². The first-order chi connectivity index (χ1) is 53.0. The zero-order valence-corrected chi connectivity index (χ0v) is 68.4. The van der Waals surface area contributed by atoms with Gasteiger partial charge >= 0.3 is 0 Å². The lowest BCUT2D eigenvalue weighted by atomic mass is 9.80. The maximum Gasteiger partial charge on any atom is 0.0620 e. The fourth-order valence-electron chi connectivity index (χ4n) is 19.2. The van der Waals surface area contributed by atoms with Crippen LogP contribution in [0, 0.1) is 0 Å². The van der Waals surface area contributed by atoms with E-state index in [4.69, 9.17) is 0 Å². The standard InChI is InChI=1S/C108H120N2/c1-105(2,3)90-67-91(106(4,5)6)70-95(69-90)109(94-63-88(83-50-44-79(45-51-83)74-32-20-14-21-33-74)62-89(64-94)84-52-46-80(47-53-84)75-34-22-15-23-35-75)103-97-40-28-29-41-98(97)104(101-66-86(58-60-99(101)103)77-38-26-17-27-39-77)110(96-71-92(107(7,8)9)68-93(72-96)108(10,11)12)102-61-59-87(82-48-42-78(43-49-82)73-30-18-13-19-31-73)65-100(102)85-56-54-81(55-57-85)76-36-24-16-25-37-76/h17,26-29,38-76H,13-16,18-25,30-37H2,1-12H3. The maximum atomic E-state index is 2.74. The highest BCUT2D eigenvalue weighted by Crippen LogP contribution is 2.56. The molecule has 0 heterocycles. The van der Waals surface area contributed by atoms with Gasteiger partial charge in [0.05, 0.1) is 17.1 Å². The van der Waals surface area contributed by atoms with Crippen molar-refractivity contribution in [2.75, 3.05) is 9.80 Å². The molecule has 0 atom stereocenters. The fourth-order valence-corrected chi connectivity index (χ4v) is 19.2. The fraction of sp³-hybridized carbons (Fsp3) is 0.370. The van der Waals surface area contributed by atoms with E-state index in [-0.39, 0.29) is 21.7 Å². The van der Waals surface area contributed by atoms with Gasteiger partial charge in [-0.15, -0.1) is 0 Å². The Labute approximate surface area is 660 Å². The van der Waals surface area contributed by atoms with Gasteiger partial charge < -0.3 is 9.80 Å². The van der Waals surface area contributed by atoms with Gasteiger partial charge in [0.15, 0.2) is 0 Å². The number of rotatable bonds is 15. The Morgan fingerprint density at radius 2 is 0.518 bits per heavy atom. The van der Waals surface area contributed by atoms with E-state index in [2.05, 4.69) is 336 Å². The summed E-state index contributed by atoms with van der Waals surface area (Å²) < 4.78 is 0. The molecule has 12 aromatic rings. The first kappa shape index (κ1) is 74.8. The maximum absolute atomic E-state index is 2.74. The van der Waals surface area contributed by atoms with Gasteiger partial charge in [-0.05, 0) is 252 Å². The molecule has 0 radical (unpaired) electrons. The minimum absolute atomic E-state index is 0.163. The third-order valence-electron chi connectivity index (χ3n) is 26.0. The van der Waals surface area contributed by atoms with Crippen LogP contribution in [-0.4, -0.2) is 0 Å². The third kappa shape index (κ3) is 15.9. The number of anilines is 6. The summed E-state index contributed by atoms with van der Waals surface area (Å²) in [5.41, 5.74) is 29.7. The molecule has 0 spiro atoms. The second-order valence-electron chi connectivity index (χ2n) is 37.9. The van der Waals surface area contributed by atoms with Crippen LogP contribution in [0.5, 0.6) is 0 Å². The van der Waals surface area contributed by atoms with Crippen molar-refractivity contribution in [1.82, 2.24) is 0 Å². The van der Waals surface area contributed by atoms with Gasteiger partial charge in [-0.3, -0.25) is 0 Å². The molecular formula is C108H120N2. The van der Waals surface area contributed by atoms with Gasteiger partial charge in [-0.25, -0.2) is 0 Å². The summed E-state index contributed by atoms with van der Waals surface area (Å²) in [6.45, 7) is 28.8. The quantitative estimate of drug-likeness (QED) is 0.0746. The topological polar surface area (TPSA) is 6.48 Å². The van der Waals surface area contributed by atoms with E-state index in [1.807, 2.05) is 0 Å². The summed E-state index contributed by atoms with van der Waals surface area (Å²) >= 11 is 0. The van der Waals surface area contributed by atoms with Crippen molar-refractivity contribution >= 4 is 55.7 Å². The van der Waals surface area contributed by atoms with Gasteiger partial charge in [-0.1, -0.05) is 342 Å². The summed E-state index contributed by atoms with van der Waals surface area (Å²) in [7, 11) is 0. The van der Waals surface area contributed by atoms with Crippen LogP contribution in [0.15, 0.2) is 243 Å². The Hall–Kier alpha value is -9.24. The number of benzene rings is 12. The molecule has 4 aliphatic carbocycles. The van der Waals surface area contributed by atoms with E-state index in [0.29, 0.717) is 23.7 Å². The average molecular weight is 1450 g/mol. The average Bonchev–Trinajstić information content (AvgIpc) is 0.707. The molecule has 2 heteroatoms. The second-order valence-corrected chi connectivity index (χ2v) is 37.9. The molecule has 0 unspecified atom stereocenters. The van der Waals surface area contributed by atoms with Gasteiger partial charge in [-0.2, -0.15) is 0 Å². The number of hydrogen-bond acceptors (Lipinski definition) is 2. The number of hydrogen-bond donors (Lipinski definition) is 0. The van der Waals surface area contributed by atoms with Crippen molar-refractivity contribution in [3.05, 3.63) is 287 Å². The highest BCUT2D eigenvalue weighted by Gasteiger charge is 2.33. The largest absolute Gasteiger partial charge is 0.309 e. The third-order valence-corrected chi connectivity index (χ3v) is 26.0. The SMILES string of the molecule is CC(C)(C)c1cc(N(c2cc(-c3ccc(C4CCCCC4)cc3)cc(-c3ccc(C4CCCCC4)cc3)c2)c2c3ccccc3c(N(c3cc(C(C)(C)C)cc(C(C)(C)C)c3)c3ccc(-c4ccc(C5CCCCC5)cc4)cc3-c3ccc(C4CCCCC4)cc3)c3cc(-c4ccccc4)ccc23)cc(C(C)(C)C)c1. The Balaban J connectivity index is 1.01. The van der Waals surface area contributed by atoms with Crippen molar-refractivity contribution in [3.63, 3.8) is 0 Å². The summed E-state index contributed by atoms with van der Waals surface area (Å²) in [6, 6.07) is 97.8. The predicted octanol–water partition coefficient (Wildman–Crippen LogP) is 32.6. The minimum atomic E-state index is -0.169. The van der Waals surface area contributed by atoms with Gasteiger partial charge in [0.1, 0.15) is 0 Å². The van der Waals surface area contributed by atoms with Crippen LogP contribution >= 0.6 is 0 Å². The molecule has 2 nitrogen and oxygen atoms in total. The molecule has 110 heavy (non-hydrogen) atoms. The van der Waals surface area contributed by atoms with E-state index in [1.165, 1.54) is 250 Å². The molecule has 0 N–H and O–H groups in total. The molecule has 0 aromatic heterocycles. The molecule has 12 aromatic carbocycles. The smallest absolute Gasteiger partial charge is 0.0620 e. The van der Waals surface area contributed by atoms with Crippen molar-refractivity contribution in [3.8, 4) is 55.6 Å². The van der Waals surface area contributed by atoms with Gasteiger partial charge in [0.2, 0.25) is 0 Å². The van der Waals surface area contributed by atoms with E-state index >= 15 is 0 Å². The Morgan fingerprint density at radius 1 is 0.218 bits per heavy atom. The number of fused-ring (bicyclic) bond motifs is 2. The van der Waals surface area contributed by atoms with E-state index in [0.717, 1.165) is 34.1 Å². The molecule has 4 aliphatic rings. The molecule has 0 aliphatic heterocycles. The van der Waals surface area contributed by atoms with Crippen LogP contribution < -0.4 is 9.80 Å². The molecule has 0 amide bonds. The molecule has 16 rings (SSSR count). The first-order valence-corrected chi connectivity index (χ1v) is 42.7. The van der Waals surface area contributed by atoms with Crippen molar-refractivity contribution in [1.29, 1.82) is 0 Å². The van der Waals surface area contributed by atoms with E-state index in [1.54, 1.807) is 0 Å². The summed E-state index contributed by atoms with van der Waals surface area (Å²) in [5, 5.41) is 4.72. The van der Waals surface area contributed by atoms with Crippen molar-refractivity contribution < 1.29 is 0 Å². The Morgan fingerprint density at radius 3 is 0.909 bits per heavy atom. The highest BCUT2D eigenvalue weighted by atomic mass is 15.2. The Kier molecular flexibility index (Phi) is 21.2. The van der Waals surface area contributed by atoms with Crippen LogP contribution in [0.3, 0.4) is 0 Å². The lowest BCUT2D eigenvalue weighted by molar-refractivity contribution is 0.443. The lowest BCUT2D eigenvalue weighted by Gasteiger charge is -2.36. The van der Waals surface area contributed by atoms with Gasteiger partial charge in [0.25, 0.3) is 0 Å². The molecule has 0 saturated heterocycles. The zero-order chi connectivity index (χ0) is 76.1. The van der Waals surface area contributed by atoms with E-state index in [9.17, 15) is 0 Å². The van der Waals surface area contributed by atoms with Crippen LogP contribution in [-0.2, 0) is 21.7 Å². The first-order valence-electron chi connectivity index (χ1n) is 42.7. The molecule has 4 saturated carbocycles. The molecule has 0 bridgehead atoms. The zero-order valence-electron chi connectivity index (χ0n) is 68.4.